The fourth-order valence-electron chi connectivity index (χ4n) is 2.32. The van der Waals surface area contributed by atoms with Gasteiger partial charge in [-0.25, -0.2) is 0 Å². The Morgan fingerprint density at radius 2 is 1.79 bits per heavy atom. The summed E-state index contributed by atoms with van der Waals surface area (Å²) >= 11 is 0. The van der Waals surface area contributed by atoms with Gasteiger partial charge in [-0.3, -0.25) is 9.59 Å². The lowest BCUT2D eigenvalue weighted by atomic mass is 10.1. The highest BCUT2D eigenvalue weighted by Gasteiger charge is 2.17. The molecule has 0 heterocycles. The Labute approximate surface area is 141 Å². The van der Waals surface area contributed by atoms with Gasteiger partial charge in [-0.1, -0.05) is 37.6 Å². The molecule has 2 amide bonds. The number of hydrogen-bond acceptors (Lipinski definition) is 3. The van der Waals surface area contributed by atoms with Crippen molar-refractivity contribution in [1.82, 2.24) is 0 Å². The molecule has 1 atom stereocenters. The highest BCUT2D eigenvalue weighted by Crippen LogP contribution is 2.17. The molecule has 5 heteroatoms. The molecule has 0 bridgehead atoms. The van der Waals surface area contributed by atoms with Crippen molar-refractivity contribution in [3.63, 3.8) is 0 Å². The van der Waals surface area contributed by atoms with Crippen molar-refractivity contribution in [3.8, 4) is 5.75 Å². The topological polar surface area (TPSA) is 81.4 Å². The van der Waals surface area contributed by atoms with Gasteiger partial charge in [-0.15, -0.1) is 0 Å². The van der Waals surface area contributed by atoms with Gasteiger partial charge in [-0.05, 0) is 43.2 Å². The molecule has 0 aliphatic carbocycles. The SMILES string of the molecule is CCCc1ccc(OC(C)C(=O)Nc2ccccc2C(N)=O)cc1. The molecule has 2 rings (SSSR count). The fourth-order valence-corrected chi connectivity index (χ4v) is 2.32. The Morgan fingerprint density at radius 1 is 1.12 bits per heavy atom. The van der Waals surface area contributed by atoms with Crippen LogP contribution in [0.1, 0.15) is 36.2 Å². The molecule has 0 aliphatic heterocycles. The third kappa shape index (κ3) is 4.59. The number of benzene rings is 2. The minimum atomic E-state index is -0.706. The Balaban J connectivity index is 2.01. The quantitative estimate of drug-likeness (QED) is 0.820. The summed E-state index contributed by atoms with van der Waals surface area (Å²) in [7, 11) is 0. The number of aryl methyl sites for hydroxylation is 1. The lowest BCUT2D eigenvalue weighted by Gasteiger charge is -2.16. The summed E-state index contributed by atoms with van der Waals surface area (Å²) in [6.07, 6.45) is 1.39. The molecule has 0 aromatic heterocycles. The minimum Gasteiger partial charge on any atom is -0.481 e. The summed E-state index contributed by atoms with van der Waals surface area (Å²) in [4.78, 5) is 23.7. The van der Waals surface area contributed by atoms with Gasteiger partial charge in [0, 0.05) is 0 Å². The molecule has 126 valence electrons. The zero-order valence-corrected chi connectivity index (χ0v) is 13.9. The van der Waals surface area contributed by atoms with E-state index < -0.39 is 12.0 Å². The van der Waals surface area contributed by atoms with E-state index in [-0.39, 0.29) is 11.5 Å². The molecule has 2 aromatic carbocycles. The second kappa shape index (κ2) is 8.15. The number of para-hydroxylation sites is 1. The van der Waals surface area contributed by atoms with Gasteiger partial charge in [0.15, 0.2) is 6.10 Å². The van der Waals surface area contributed by atoms with Crippen molar-refractivity contribution >= 4 is 17.5 Å². The summed E-state index contributed by atoms with van der Waals surface area (Å²) < 4.78 is 5.65. The van der Waals surface area contributed by atoms with Crippen molar-refractivity contribution < 1.29 is 14.3 Å². The van der Waals surface area contributed by atoms with E-state index in [4.69, 9.17) is 10.5 Å². The summed E-state index contributed by atoms with van der Waals surface area (Å²) in [5, 5.41) is 2.68. The zero-order chi connectivity index (χ0) is 17.5. The monoisotopic (exact) mass is 326 g/mol. The highest BCUT2D eigenvalue weighted by atomic mass is 16.5. The predicted octanol–water partition coefficient (Wildman–Crippen LogP) is 3.14. The maximum absolute atomic E-state index is 12.3. The van der Waals surface area contributed by atoms with E-state index in [1.54, 1.807) is 31.2 Å². The minimum absolute atomic E-state index is 0.266. The van der Waals surface area contributed by atoms with Crippen LogP contribution in [0.15, 0.2) is 48.5 Å². The third-order valence-electron chi connectivity index (χ3n) is 3.59. The number of hydrogen-bond donors (Lipinski definition) is 2. The first-order chi connectivity index (χ1) is 11.5. The summed E-state index contributed by atoms with van der Waals surface area (Å²) in [6.45, 7) is 3.78. The largest absolute Gasteiger partial charge is 0.481 e. The van der Waals surface area contributed by atoms with Crippen LogP contribution in [0.4, 0.5) is 5.69 Å². The van der Waals surface area contributed by atoms with Crippen molar-refractivity contribution in [1.29, 1.82) is 0 Å². The average molecular weight is 326 g/mol. The second-order valence-electron chi connectivity index (χ2n) is 5.55. The van der Waals surface area contributed by atoms with Crippen LogP contribution >= 0.6 is 0 Å². The van der Waals surface area contributed by atoms with Crippen LogP contribution in [-0.4, -0.2) is 17.9 Å². The molecular formula is C19H22N2O3. The molecular weight excluding hydrogens is 304 g/mol. The van der Waals surface area contributed by atoms with Crippen LogP contribution in [0.3, 0.4) is 0 Å². The van der Waals surface area contributed by atoms with E-state index in [0.29, 0.717) is 11.4 Å². The first kappa shape index (κ1) is 17.5. The summed E-state index contributed by atoms with van der Waals surface area (Å²) in [5.41, 5.74) is 7.19. The molecule has 2 aromatic rings. The number of anilines is 1. The zero-order valence-electron chi connectivity index (χ0n) is 13.9. The Kier molecular flexibility index (Phi) is 5.95. The van der Waals surface area contributed by atoms with Crippen LogP contribution in [-0.2, 0) is 11.2 Å². The van der Waals surface area contributed by atoms with Crippen LogP contribution in [0.25, 0.3) is 0 Å². The molecule has 0 saturated heterocycles. The Bertz CT molecular complexity index is 711. The summed E-state index contributed by atoms with van der Waals surface area (Å²) in [6, 6.07) is 14.3. The Morgan fingerprint density at radius 3 is 2.42 bits per heavy atom. The van der Waals surface area contributed by atoms with Crippen LogP contribution in [0.5, 0.6) is 5.75 Å². The molecule has 0 radical (unpaired) electrons. The molecule has 5 nitrogen and oxygen atoms in total. The molecule has 0 spiro atoms. The normalized spacial score (nSPS) is 11.6. The van der Waals surface area contributed by atoms with Gasteiger partial charge in [0.05, 0.1) is 11.3 Å². The number of carbonyl (C=O) groups excluding carboxylic acids is 2. The molecule has 3 N–H and O–H groups in total. The van der Waals surface area contributed by atoms with Crippen molar-refractivity contribution in [2.75, 3.05) is 5.32 Å². The number of rotatable bonds is 7. The number of nitrogens with two attached hydrogens (primary N) is 1. The maximum atomic E-state index is 12.3. The molecule has 0 fully saturated rings. The van der Waals surface area contributed by atoms with Gasteiger partial charge >= 0.3 is 0 Å². The Hall–Kier alpha value is -2.82. The van der Waals surface area contributed by atoms with Crippen LogP contribution in [0.2, 0.25) is 0 Å². The van der Waals surface area contributed by atoms with Gasteiger partial charge in [0.1, 0.15) is 5.75 Å². The molecule has 0 aliphatic rings. The van der Waals surface area contributed by atoms with Crippen LogP contribution in [0, 0.1) is 0 Å². The molecule has 0 saturated carbocycles. The lowest BCUT2D eigenvalue weighted by Crippen LogP contribution is -2.31. The van der Waals surface area contributed by atoms with E-state index in [2.05, 4.69) is 12.2 Å². The van der Waals surface area contributed by atoms with Gasteiger partial charge in [0.2, 0.25) is 0 Å². The van der Waals surface area contributed by atoms with E-state index in [0.717, 1.165) is 12.8 Å². The first-order valence-electron chi connectivity index (χ1n) is 7.96. The highest BCUT2D eigenvalue weighted by molar-refractivity contribution is 6.03. The molecule has 24 heavy (non-hydrogen) atoms. The maximum Gasteiger partial charge on any atom is 0.265 e. The van der Waals surface area contributed by atoms with Gasteiger partial charge in [0.25, 0.3) is 11.8 Å². The van der Waals surface area contributed by atoms with Crippen molar-refractivity contribution in [2.24, 2.45) is 5.73 Å². The average Bonchev–Trinajstić information content (AvgIpc) is 2.57. The molecule has 1 unspecified atom stereocenters. The van der Waals surface area contributed by atoms with E-state index >= 15 is 0 Å². The fraction of sp³-hybridized carbons (Fsp3) is 0.263. The van der Waals surface area contributed by atoms with E-state index in [1.165, 1.54) is 5.56 Å². The van der Waals surface area contributed by atoms with Crippen molar-refractivity contribution in [2.45, 2.75) is 32.8 Å². The second-order valence-corrected chi connectivity index (χ2v) is 5.55. The first-order valence-corrected chi connectivity index (χ1v) is 7.96. The number of ether oxygens (including phenoxy) is 1. The number of primary amides is 1. The van der Waals surface area contributed by atoms with Crippen molar-refractivity contribution in [3.05, 3.63) is 59.7 Å². The number of nitrogens with one attached hydrogen (secondary N) is 1. The summed E-state index contributed by atoms with van der Waals surface area (Å²) in [5.74, 6) is -0.312. The van der Waals surface area contributed by atoms with Gasteiger partial charge < -0.3 is 15.8 Å². The standard InChI is InChI=1S/C19H22N2O3/c1-3-6-14-9-11-15(12-10-14)24-13(2)19(23)21-17-8-5-4-7-16(17)18(20)22/h4-5,7-13H,3,6H2,1-2H3,(H2,20,22)(H,21,23). The predicted molar refractivity (Wildman–Crippen MR) is 94.1 cm³/mol. The van der Waals surface area contributed by atoms with Gasteiger partial charge in [-0.2, -0.15) is 0 Å². The van der Waals surface area contributed by atoms with E-state index in [9.17, 15) is 9.59 Å². The number of amides is 2. The van der Waals surface area contributed by atoms with Crippen LogP contribution < -0.4 is 15.8 Å². The lowest BCUT2D eigenvalue weighted by molar-refractivity contribution is -0.122. The number of carbonyl (C=O) groups is 2. The van der Waals surface area contributed by atoms with E-state index in [1.807, 2.05) is 24.3 Å². The smallest absolute Gasteiger partial charge is 0.265 e. The third-order valence-corrected chi connectivity index (χ3v) is 3.59.